The summed E-state index contributed by atoms with van der Waals surface area (Å²) in [5.74, 6) is 0.102. The summed E-state index contributed by atoms with van der Waals surface area (Å²) in [4.78, 5) is 20.3. The highest BCUT2D eigenvalue weighted by molar-refractivity contribution is 6.30. The minimum Gasteiger partial charge on any atom is -0.378 e. The smallest absolute Gasteiger partial charge is 0.253 e. The quantitative estimate of drug-likeness (QED) is 0.776. The van der Waals surface area contributed by atoms with Crippen LogP contribution in [0.25, 0.3) is 0 Å². The maximum absolute atomic E-state index is 13.1. The van der Waals surface area contributed by atoms with Crippen molar-refractivity contribution in [1.29, 1.82) is 0 Å². The number of ether oxygens (including phenoxy) is 1. The Morgan fingerprint density at radius 2 is 1.93 bits per heavy atom. The minimum absolute atomic E-state index is 0.0695. The Balaban J connectivity index is 1.52. The Bertz CT molecular complexity index is 694. The molecule has 5 nitrogen and oxygen atoms in total. The van der Waals surface area contributed by atoms with Gasteiger partial charge >= 0.3 is 0 Å². The Kier molecular flexibility index (Phi) is 5.00. The summed E-state index contributed by atoms with van der Waals surface area (Å²) in [6.07, 6.45) is 0. The second kappa shape index (κ2) is 7.03. The van der Waals surface area contributed by atoms with Gasteiger partial charge in [0.05, 0.1) is 24.8 Å². The van der Waals surface area contributed by atoms with E-state index in [1.165, 1.54) is 0 Å². The standard InChI is InChI=1S/C21H30ClN3O2/c1-20(2,3)12-23-13-21(14-23)15-24(10-18-11-27-9-8-25(18)21)19(26)16-4-6-17(22)7-5-16/h4-7,18H,8-15H2,1-3H3/t18-/m1/s1. The van der Waals surface area contributed by atoms with Crippen molar-refractivity contribution in [3.05, 3.63) is 34.9 Å². The van der Waals surface area contributed by atoms with E-state index in [4.69, 9.17) is 16.3 Å². The summed E-state index contributed by atoms with van der Waals surface area (Å²) in [6.45, 7) is 14.0. The average Bonchev–Trinajstić information content (AvgIpc) is 2.59. The number of piperazine rings is 1. The fourth-order valence-electron chi connectivity index (χ4n) is 4.98. The molecule has 0 aliphatic carbocycles. The van der Waals surface area contributed by atoms with E-state index >= 15 is 0 Å². The van der Waals surface area contributed by atoms with Crippen molar-refractivity contribution < 1.29 is 9.53 Å². The molecular weight excluding hydrogens is 362 g/mol. The molecule has 3 fully saturated rings. The van der Waals surface area contributed by atoms with Gasteiger partial charge in [-0.1, -0.05) is 32.4 Å². The molecule has 0 unspecified atom stereocenters. The van der Waals surface area contributed by atoms with Crippen LogP contribution in [0.15, 0.2) is 24.3 Å². The summed E-state index contributed by atoms with van der Waals surface area (Å²) in [6, 6.07) is 7.53. The SMILES string of the molecule is CC(C)(C)CN1CC2(C1)CN(C(=O)c1ccc(Cl)cc1)C[C@@H]1COCCN12. The lowest BCUT2D eigenvalue weighted by Crippen LogP contribution is -2.81. The molecule has 0 N–H and O–H groups in total. The molecule has 3 aliphatic heterocycles. The molecule has 1 aromatic rings. The van der Waals surface area contributed by atoms with Gasteiger partial charge in [0.25, 0.3) is 5.91 Å². The van der Waals surface area contributed by atoms with Gasteiger partial charge in [0, 0.05) is 49.9 Å². The molecule has 0 bridgehead atoms. The number of benzene rings is 1. The number of hydrogen-bond acceptors (Lipinski definition) is 4. The molecule has 6 heteroatoms. The molecule has 1 aromatic carbocycles. The second-order valence-electron chi connectivity index (χ2n) is 9.54. The van der Waals surface area contributed by atoms with Crippen molar-refractivity contribution in [1.82, 2.24) is 14.7 Å². The van der Waals surface area contributed by atoms with Crippen molar-refractivity contribution in [2.75, 3.05) is 52.5 Å². The normalized spacial score (nSPS) is 25.9. The highest BCUT2D eigenvalue weighted by atomic mass is 35.5. The van der Waals surface area contributed by atoms with Crippen LogP contribution < -0.4 is 0 Å². The Morgan fingerprint density at radius 3 is 2.59 bits per heavy atom. The third-order valence-corrected chi connectivity index (χ3v) is 6.12. The molecule has 0 saturated carbocycles. The lowest BCUT2D eigenvalue weighted by Gasteiger charge is -2.64. The number of hydrogen-bond donors (Lipinski definition) is 0. The number of carbonyl (C=O) groups is 1. The number of morpholine rings is 1. The Hall–Kier alpha value is -1.14. The fourth-order valence-corrected chi connectivity index (χ4v) is 5.10. The first-order chi connectivity index (χ1) is 12.8. The Morgan fingerprint density at radius 1 is 1.22 bits per heavy atom. The van der Waals surface area contributed by atoms with Crippen molar-refractivity contribution in [2.24, 2.45) is 5.41 Å². The van der Waals surface area contributed by atoms with Gasteiger partial charge in [0.15, 0.2) is 0 Å². The first kappa shape index (κ1) is 19.2. The first-order valence-corrected chi connectivity index (χ1v) is 10.3. The molecule has 0 radical (unpaired) electrons. The Labute approximate surface area is 167 Å². The number of likely N-dealkylation sites (tertiary alicyclic amines) is 1. The molecule has 3 saturated heterocycles. The van der Waals surface area contributed by atoms with Crippen LogP contribution in [0.4, 0.5) is 0 Å². The maximum Gasteiger partial charge on any atom is 0.253 e. The number of nitrogens with zero attached hydrogens (tertiary/aromatic N) is 3. The van der Waals surface area contributed by atoms with Gasteiger partial charge in [0.2, 0.25) is 0 Å². The zero-order chi connectivity index (χ0) is 19.2. The molecule has 3 aliphatic rings. The van der Waals surface area contributed by atoms with E-state index in [1.54, 1.807) is 12.1 Å². The third-order valence-electron chi connectivity index (χ3n) is 5.87. The molecular formula is C21H30ClN3O2. The van der Waals surface area contributed by atoms with Gasteiger partial charge in [-0.3, -0.25) is 14.6 Å². The van der Waals surface area contributed by atoms with Crippen LogP contribution in [0.2, 0.25) is 5.02 Å². The number of halogens is 1. The largest absolute Gasteiger partial charge is 0.378 e. The van der Waals surface area contributed by atoms with Crippen molar-refractivity contribution in [2.45, 2.75) is 32.4 Å². The van der Waals surface area contributed by atoms with Crippen LogP contribution in [-0.2, 0) is 4.74 Å². The molecule has 4 rings (SSSR count). The van der Waals surface area contributed by atoms with Gasteiger partial charge in [-0.05, 0) is 29.7 Å². The summed E-state index contributed by atoms with van der Waals surface area (Å²) in [5, 5.41) is 0.658. The van der Waals surface area contributed by atoms with Gasteiger partial charge in [-0.2, -0.15) is 0 Å². The van der Waals surface area contributed by atoms with Crippen LogP contribution in [0.3, 0.4) is 0 Å². The molecule has 3 heterocycles. The molecule has 1 amide bonds. The summed E-state index contributed by atoms with van der Waals surface area (Å²) in [7, 11) is 0. The zero-order valence-corrected chi connectivity index (χ0v) is 17.3. The van der Waals surface area contributed by atoms with Crippen molar-refractivity contribution in [3.63, 3.8) is 0 Å². The van der Waals surface area contributed by atoms with E-state index in [1.807, 2.05) is 17.0 Å². The minimum atomic E-state index is 0.0695. The zero-order valence-electron chi connectivity index (χ0n) is 16.6. The van der Waals surface area contributed by atoms with Crippen LogP contribution in [-0.4, -0.2) is 84.7 Å². The summed E-state index contributed by atoms with van der Waals surface area (Å²) >= 11 is 5.99. The van der Waals surface area contributed by atoms with E-state index < -0.39 is 0 Å². The number of amides is 1. The summed E-state index contributed by atoms with van der Waals surface area (Å²) in [5.41, 5.74) is 1.07. The highest BCUT2D eigenvalue weighted by Crippen LogP contribution is 2.37. The van der Waals surface area contributed by atoms with Crippen LogP contribution >= 0.6 is 11.6 Å². The van der Waals surface area contributed by atoms with Crippen LogP contribution in [0.5, 0.6) is 0 Å². The topological polar surface area (TPSA) is 36.0 Å². The predicted molar refractivity (Wildman–Crippen MR) is 107 cm³/mol. The number of rotatable bonds is 2. The van der Waals surface area contributed by atoms with Gasteiger partial charge in [0.1, 0.15) is 0 Å². The van der Waals surface area contributed by atoms with Crippen molar-refractivity contribution in [3.8, 4) is 0 Å². The fraction of sp³-hybridized carbons (Fsp3) is 0.667. The van der Waals surface area contributed by atoms with E-state index in [0.29, 0.717) is 28.6 Å². The van der Waals surface area contributed by atoms with Gasteiger partial charge < -0.3 is 9.64 Å². The van der Waals surface area contributed by atoms with E-state index in [9.17, 15) is 4.79 Å². The third kappa shape index (κ3) is 3.88. The van der Waals surface area contributed by atoms with Crippen molar-refractivity contribution >= 4 is 17.5 Å². The van der Waals surface area contributed by atoms with E-state index in [-0.39, 0.29) is 11.4 Å². The monoisotopic (exact) mass is 391 g/mol. The average molecular weight is 392 g/mol. The number of carbonyl (C=O) groups excluding carboxylic acids is 1. The molecule has 1 spiro atoms. The summed E-state index contributed by atoms with van der Waals surface area (Å²) < 4.78 is 5.75. The maximum atomic E-state index is 13.1. The molecule has 148 valence electrons. The lowest BCUT2D eigenvalue weighted by molar-refractivity contribution is -0.162. The van der Waals surface area contributed by atoms with Gasteiger partial charge in [-0.15, -0.1) is 0 Å². The van der Waals surface area contributed by atoms with E-state index in [2.05, 4.69) is 30.6 Å². The predicted octanol–water partition coefficient (Wildman–Crippen LogP) is 2.60. The molecule has 1 atom stereocenters. The second-order valence-corrected chi connectivity index (χ2v) is 9.98. The van der Waals surface area contributed by atoms with Crippen LogP contribution in [0.1, 0.15) is 31.1 Å². The lowest BCUT2D eigenvalue weighted by atomic mass is 9.80. The first-order valence-electron chi connectivity index (χ1n) is 9.88. The highest BCUT2D eigenvalue weighted by Gasteiger charge is 2.55. The number of fused-ring (bicyclic) bond motifs is 2. The van der Waals surface area contributed by atoms with Gasteiger partial charge in [-0.25, -0.2) is 0 Å². The van der Waals surface area contributed by atoms with E-state index in [0.717, 1.165) is 45.9 Å². The molecule has 0 aromatic heterocycles. The molecule has 27 heavy (non-hydrogen) atoms. The van der Waals surface area contributed by atoms with Crippen LogP contribution in [0, 0.1) is 5.41 Å².